The first-order chi connectivity index (χ1) is 14.4. The maximum atomic E-state index is 12.7. The zero-order chi connectivity index (χ0) is 21.6. The van der Waals surface area contributed by atoms with Crippen LogP contribution in [0, 0.1) is 6.92 Å². The van der Waals surface area contributed by atoms with Crippen LogP contribution in [-0.4, -0.2) is 76.2 Å². The van der Waals surface area contributed by atoms with Crippen molar-refractivity contribution < 1.29 is 12.9 Å². The molecule has 1 aliphatic rings. The number of hydrogen-bond acceptors (Lipinski definition) is 7. The third-order valence-electron chi connectivity index (χ3n) is 5.12. The molecule has 1 fully saturated rings. The zero-order valence-electron chi connectivity index (χ0n) is 17.8. The Hall–Kier alpha value is -2.47. The van der Waals surface area contributed by atoms with Crippen molar-refractivity contribution in [3.8, 4) is 0 Å². The number of unbranched alkanes of at least 4 members (excludes halogenated alkanes) is 1. The molecule has 3 heterocycles. The van der Waals surface area contributed by atoms with Gasteiger partial charge in [0.05, 0.1) is 5.69 Å². The fourth-order valence-corrected chi connectivity index (χ4v) is 4.57. The molecule has 0 bridgehead atoms. The van der Waals surface area contributed by atoms with Crippen molar-refractivity contribution in [3.63, 3.8) is 0 Å². The van der Waals surface area contributed by atoms with E-state index >= 15 is 0 Å². The lowest BCUT2D eigenvalue weighted by Gasteiger charge is -2.35. The van der Waals surface area contributed by atoms with E-state index in [1.807, 2.05) is 18.5 Å². The van der Waals surface area contributed by atoms with E-state index in [4.69, 9.17) is 9.52 Å². The van der Waals surface area contributed by atoms with Crippen molar-refractivity contribution in [2.45, 2.75) is 39.0 Å². The van der Waals surface area contributed by atoms with Crippen LogP contribution >= 0.6 is 0 Å². The van der Waals surface area contributed by atoms with Crippen LogP contribution in [0.4, 0.5) is 0 Å². The molecule has 1 N–H and O–H groups in total. The smallest absolute Gasteiger partial charge is 0.220 e. The normalized spacial score (nSPS) is 16.2. The Bertz CT molecular complexity index is 931. The summed E-state index contributed by atoms with van der Waals surface area (Å²) in [5.41, 5.74) is 0.417. The number of nitrogens with one attached hydrogen (secondary N) is 1. The number of aromatic nitrogens is 4. The molecule has 3 rings (SSSR count). The Morgan fingerprint density at radius 2 is 2.03 bits per heavy atom. The molecule has 1 saturated heterocycles. The third-order valence-corrected chi connectivity index (χ3v) is 6.93. The van der Waals surface area contributed by atoms with E-state index in [0.29, 0.717) is 38.4 Å². The molecular formula is C18H30N8O3S. The van der Waals surface area contributed by atoms with Gasteiger partial charge < -0.3 is 19.3 Å². The van der Waals surface area contributed by atoms with Crippen molar-refractivity contribution in [2.75, 3.05) is 32.7 Å². The highest BCUT2D eigenvalue weighted by Crippen LogP contribution is 2.13. The summed E-state index contributed by atoms with van der Waals surface area (Å²) in [6.07, 6.45) is 3.50. The molecular weight excluding hydrogens is 408 g/mol. The summed E-state index contributed by atoms with van der Waals surface area (Å²) < 4.78 is 33.5. The first-order valence-electron chi connectivity index (χ1n) is 10.2. The van der Waals surface area contributed by atoms with E-state index in [1.54, 1.807) is 6.07 Å². The lowest BCUT2D eigenvalue weighted by Crippen LogP contribution is -2.54. The number of aryl methyl sites for hydroxylation is 1. The number of aliphatic imine (C=N–C) groups is 1. The minimum Gasteiger partial charge on any atom is -0.364 e. The monoisotopic (exact) mass is 438 g/mol. The van der Waals surface area contributed by atoms with Crippen LogP contribution in [0.25, 0.3) is 0 Å². The van der Waals surface area contributed by atoms with Gasteiger partial charge in [-0.05, 0) is 13.3 Å². The molecule has 0 spiro atoms. The third kappa shape index (κ3) is 5.57. The lowest BCUT2D eigenvalue weighted by atomic mass is 10.3. The summed E-state index contributed by atoms with van der Waals surface area (Å²) in [5, 5.41) is 15.4. The minimum atomic E-state index is -3.43. The predicted molar refractivity (Wildman–Crippen MR) is 112 cm³/mol. The molecule has 0 unspecified atom stereocenters. The number of nitrogens with zero attached hydrogens (tertiary/aromatic N) is 7. The predicted octanol–water partition coefficient (Wildman–Crippen LogP) is 0.505. The second kappa shape index (κ2) is 10.0. The molecule has 11 nitrogen and oxygen atoms in total. The Morgan fingerprint density at radius 1 is 1.27 bits per heavy atom. The quantitative estimate of drug-likeness (QED) is 0.359. The number of guanidine groups is 1. The molecule has 0 aromatic carbocycles. The van der Waals surface area contributed by atoms with Gasteiger partial charge in [0.1, 0.15) is 24.4 Å². The molecule has 12 heteroatoms. The summed E-state index contributed by atoms with van der Waals surface area (Å²) in [6.45, 7) is 7.20. The van der Waals surface area contributed by atoms with Crippen molar-refractivity contribution in [1.82, 2.24) is 34.4 Å². The lowest BCUT2D eigenvalue weighted by molar-refractivity contribution is 0.259. The first kappa shape index (κ1) is 22.2. The molecule has 166 valence electrons. The molecule has 30 heavy (non-hydrogen) atoms. The van der Waals surface area contributed by atoms with Crippen LogP contribution in [0.5, 0.6) is 0 Å². The number of piperazine rings is 1. The van der Waals surface area contributed by atoms with Crippen molar-refractivity contribution in [1.29, 1.82) is 0 Å². The Balaban J connectivity index is 1.63. The van der Waals surface area contributed by atoms with Gasteiger partial charge >= 0.3 is 0 Å². The van der Waals surface area contributed by atoms with Gasteiger partial charge in [0.25, 0.3) is 0 Å². The number of rotatable bonds is 8. The fourth-order valence-electron chi connectivity index (χ4n) is 3.15. The largest absolute Gasteiger partial charge is 0.364 e. The van der Waals surface area contributed by atoms with E-state index in [2.05, 4.69) is 32.5 Å². The topological polar surface area (TPSA) is 122 Å². The first-order valence-corrected chi connectivity index (χ1v) is 11.8. The summed E-state index contributed by atoms with van der Waals surface area (Å²) in [6, 6.07) is 1.57. The van der Waals surface area contributed by atoms with E-state index in [9.17, 15) is 8.42 Å². The second-order valence-electron chi connectivity index (χ2n) is 7.28. The highest BCUT2D eigenvalue weighted by molar-refractivity contribution is 7.88. The van der Waals surface area contributed by atoms with Crippen molar-refractivity contribution in [3.05, 3.63) is 29.7 Å². The molecule has 0 saturated carbocycles. The van der Waals surface area contributed by atoms with Crippen molar-refractivity contribution in [2.24, 2.45) is 12.0 Å². The van der Waals surface area contributed by atoms with Crippen LogP contribution in [0.15, 0.2) is 21.8 Å². The zero-order valence-corrected chi connectivity index (χ0v) is 18.6. The van der Waals surface area contributed by atoms with Crippen LogP contribution in [0.2, 0.25) is 0 Å². The molecule has 0 atom stereocenters. The van der Waals surface area contributed by atoms with Gasteiger partial charge in [-0.25, -0.2) is 13.4 Å². The standard InChI is InChI=1S/C18H30N8O3S/c1-4-5-7-19-18(20-13-17-22-21-15(2)24(17)3)25-8-10-26(11-9-25)30(27,28)14-16-6-12-29-23-16/h6,12H,4-5,7-11,13-14H2,1-3H3,(H,19,20). The Morgan fingerprint density at radius 3 is 2.63 bits per heavy atom. The number of hydrogen-bond donors (Lipinski definition) is 1. The van der Waals surface area contributed by atoms with Crippen molar-refractivity contribution >= 4 is 16.0 Å². The maximum absolute atomic E-state index is 12.7. The Labute approximate surface area is 177 Å². The van der Waals surface area contributed by atoms with Gasteiger partial charge in [0.15, 0.2) is 11.8 Å². The average Bonchev–Trinajstić information content (AvgIpc) is 3.35. The van der Waals surface area contributed by atoms with Gasteiger partial charge in [-0.15, -0.1) is 10.2 Å². The molecule has 0 aliphatic carbocycles. The molecule has 1 aliphatic heterocycles. The molecule has 0 amide bonds. The molecule has 2 aromatic heterocycles. The van der Waals surface area contributed by atoms with E-state index < -0.39 is 10.0 Å². The van der Waals surface area contributed by atoms with Gasteiger partial charge in [-0.2, -0.15) is 4.31 Å². The van der Waals surface area contributed by atoms with Crippen LogP contribution in [0.3, 0.4) is 0 Å². The van der Waals surface area contributed by atoms with E-state index in [1.165, 1.54) is 10.6 Å². The highest BCUT2D eigenvalue weighted by Gasteiger charge is 2.29. The summed E-state index contributed by atoms with van der Waals surface area (Å²) in [5.74, 6) is 2.26. The van der Waals surface area contributed by atoms with Gasteiger partial charge in [-0.1, -0.05) is 18.5 Å². The van der Waals surface area contributed by atoms with Gasteiger partial charge in [0, 0.05) is 45.8 Å². The van der Waals surface area contributed by atoms with E-state index in [-0.39, 0.29) is 5.75 Å². The second-order valence-corrected chi connectivity index (χ2v) is 9.24. The van der Waals surface area contributed by atoms with Crippen LogP contribution < -0.4 is 5.32 Å². The average molecular weight is 439 g/mol. The summed E-state index contributed by atoms with van der Waals surface area (Å²) >= 11 is 0. The minimum absolute atomic E-state index is 0.148. The van der Waals surface area contributed by atoms with Gasteiger partial charge in [-0.3, -0.25) is 0 Å². The number of sulfonamides is 1. The van der Waals surface area contributed by atoms with Gasteiger partial charge in [0.2, 0.25) is 10.0 Å². The fraction of sp³-hybridized carbons (Fsp3) is 0.667. The molecule has 0 radical (unpaired) electrons. The summed E-state index contributed by atoms with van der Waals surface area (Å²) in [7, 11) is -1.51. The van der Waals surface area contributed by atoms with E-state index in [0.717, 1.165) is 37.0 Å². The molecule has 2 aromatic rings. The van der Waals surface area contributed by atoms with Crippen LogP contribution in [0.1, 0.15) is 37.1 Å². The Kier molecular flexibility index (Phi) is 7.43. The maximum Gasteiger partial charge on any atom is 0.220 e. The summed E-state index contributed by atoms with van der Waals surface area (Å²) in [4.78, 5) is 6.83. The van der Waals surface area contributed by atoms with Crippen LogP contribution in [-0.2, 0) is 29.4 Å². The SMILES string of the molecule is CCCCNC(=NCc1nnc(C)n1C)N1CCN(S(=O)(=O)Cc2ccon2)CC1. The highest BCUT2D eigenvalue weighted by atomic mass is 32.2.